The van der Waals surface area contributed by atoms with Crippen LogP contribution in [0.5, 0.6) is 0 Å². The Bertz CT molecular complexity index is 831. The van der Waals surface area contributed by atoms with Crippen molar-refractivity contribution in [3.63, 3.8) is 0 Å². The Morgan fingerprint density at radius 3 is 2.11 bits per heavy atom. The second-order valence-electron chi connectivity index (χ2n) is 8.11. The predicted molar refractivity (Wildman–Crippen MR) is 109 cm³/mol. The number of nitrogens with zero attached hydrogens (tertiary/aromatic N) is 2. The van der Waals surface area contributed by atoms with Crippen LogP contribution in [0.2, 0.25) is 0 Å². The highest BCUT2D eigenvalue weighted by molar-refractivity contribution is 5.89. The van der Waals surface area contributed by atoms with E-state index in [2.05, 4.69) is 17.4 Å². The average molecular weight is 381 g/mol. The van der Waals surface area contributed by atoms with Gasteiger partial charge >= 0.3 is 12.1 Å². The number of fused-ring (bicyclic) bond motifs is 1. The van der Waals surface area contributed by atoms with Gasteiger partial charge in [-0.05, 0) is 56.0 Å². The summed E-state index contributed by atoms with van der Waals surface area (Å²) in [5, 5.41) is 12.3. The van der Waals surface area contributed by atoms with Gasteiger partial charge in [-0.25, -0.2) is 9.59 Å². The van der Waals surface area contributed by atoms with E-state index in [4.69, 9.17) is 0 Å². The third-order valence-corrected chi connectivity index (χ3v) is 5.00. The molecule has 3 rings (SSSR count). The van der Waals surface area contributed by atoms with Gasteiger partial charge in [-0.2, -0.15) is 0 Å². The summed E-state index contributed by atoms with van der Waals surface area (Å²) in [7, 11) is 0. The van der Waals surface area contributed by atoms with Crippen LogP contribution in [0.25, 0.3) is 0 Å². The summed E-state index contributed by atoms with van der Waals surface area (Å²) >= 11 is 0. The van der Waals surface area contributed by atoms with Crippen molar-refractivity contribution in [2.45, 2.75) is 45.8 Å². The lowest BCUT2D eigenvalue weighted by Crippen LogP contribution is -2.45. The molecule has 2 aromatic carbocycles. The smallest absolute Gasteiger partial charge is 0.407 e. The minimum absolute atomic E-state index is 0.117. The molecular weight excluding hydrogens is 354 g/mol. The molecule has 0 radical (unpaired) electrons. The fourth-order valence-corrected chi connectivity index (χ4v) is 3.39. The molecule has 0 saturated heterocycles. The molecule has 6 heteroatoms. The van der Waals surface area contributed by atoms with Gasteiger partial charge in [0.1, 0.15) is 0 Å². The van der Waals surface area contributed by atoms with Crippen molar-refractivity contribution in [1.29, 1.82) is 0 Å². The third-order valence-electron chi connectivity index (χ3n) is 5.00. The molecule has 0 bridgehead atoms. The fraction of sp³-hybridized carbons (Fsp3) is 0.364. The summed E-state index contributed by atoms with van der Waals surface area (Å²) in [5.74, 6) is 0. The molecule has 1 aliphatic heterocycles. The van der Waals surface area contributed by atoms with E-state index in [1.807, 2.05) is 57.2 Å². The molecule has 0 fully saturated rings. The van der Waals surface area contributed by atoms with Crippen LogP contribution < -0.4 is 5.32 Å². The first-order valence-electron chi connectivity index (χ1n) is 9.46. The number of hydrogen-bond acceptors (Lipinski definition) is 2. The number of carbonyl (C=O) groups excluding carboxylic acids is 1. The summed E-state index contributed by atoms with van der Waals surface area (Å²) in [5.41, 5.74) is 3.70. The van der Waals surface area contributed by atoms with Crippen LogP contribution in [0.1, 0.15) is 37.5 Å². The monoisotopic (exact) mass is 381 g/mol. The fourth-order valence-electron chi connectivity index (χ4n) is 3.39. The minimum atomic E-state index is -0.914. The molecule has 1 heterocycles. The van der Waals surface area contributed by atoms with Crippen molar-refractivity contribution in [2.24, 2.45) is 0 Å². The van der Waals surface area contributed by atoms with E-state index in [0.29, 0.717) is 26.1 Å². The SMILES string of the molecule is CC(C)(C)N(CCc1ccc(NC(=O)N2Cc3ccccc3C2)cc1)C(=O)O. The molecule has 0 unspecified atom stereocenters. The first-order chi connectivity index (χ1) is 13.2. The molecule has 1 aliphatic rings. The van der Waals surface area contributed by atoms with Crippen LogP contribution in [0.15, 0.2) is 48.5 Å². The highest BCUT2D eigenvalue weighted by atomic mass is 16.4. The molecule has 0 aromatic heterocycles. The number of nitrogens with one attached hydrogen (secondary N) is 1. The number of urea groups is 1. The van der Waals surface area contributed by atoms with E-state index in [0.717, 1.165) is 11.3 Å². The molecule has 2 aromatic rings. The number of hydrogen-bond donors (Lipinski definition) is 2. The second-order valence-corrected chi connectivity index (χ2v) is 8.11. The van der Waals surface area contributed by atoms with Gasteiger partial charge in [0.15, 0.2) is 0 Å². The van der Waals surface area contributed by atoms with Crippen LogP contribution in [0, 0.1) is 0 Å². The van der Waals surface area contributed by atoms with Crippen molar-refractivity contribution in [2.75, 3.05) is 11.9 Å². The van der Waals surface area contributed by atoms with Gasteiger partial charge in [-0.3, -0.25) is 0 Å². The molecule has 0 spiro atoms. The largest absolute Gasteiger partial charge is 0.465 e. The van der Waals surface area contributed by atoms with Gasteiger partial charge < -0.3 is 20.2 Å². The standard InChI is InChI=1S/C22H27N3O3/c1-22(2,3)25(21(27)28)13-12-16-8-10-19(11-9-16)23-20(26)24-14-17-6-4-5-7-18(17)15-24/h4-11H,12-15H2,1-3H3,(H,23,26)(H,27,28). The van der Waals surface area contributed by atoms with Gasteiger partial charge in [-0.15, -0.1) is 0 Å². The number of anilines is 1. The zero-order valence-electron chi connectivity index (χ0n) is 16.6. The molecule has 2 N–H and O–H groups in total. The number of rotatable bonds is 4. The zero-order valence-corrected chi connectivity index (χ0v) is 16.6. The lowest BCUT2D eigenvalue weighted by molar-refractivity contribution is 0.101. The van der Waals surface area contributed by atoms with Gasteiger partial charge in [0, 0.05) is 30.9 Å². The molecule has 28 heavy (non-hydrogen) atoms. The van der Waals surface area contributed by atoms with Crippen LogP contribution in [-0.4, -0.2) is 39.1 Å². The molecule has 6 nitrogen and oxygen atoms in total. The van der Waals surface area contributed by atoms with Crippen molar-refractivity contribution in [3.8, 4) is 0 Å². The lowest BCUT2D eigenvalue weighted by Gasteiger charge is -2.33. The highest BCUT2D eigenvalue weighted by Gasteiger charge is 2.25. The number of carbonyl (C=O) groups is 2. The maximum atomic E-state index is 12.5. The van der Waals surface area contributed by atoms with Crippen LogP contribution in [-0.2, 0) is 19.5 Å². The van der Waals surface area contributed by atoms with Gasteiger partial charge in [0.05, 0.1) is 0 Å². The first-order valence-corrected chi connectivity index (χ1v) is 9.46. The highest BCUT2D eigenvalue weighted by Crippen LogP contribution is 2.23. The Labute approximate surface area is 165 Å². The Balaban J connectivity index is 1.55. The number of benzene rings is 2. The van der Waals surface area contributed by atoms with Gasteiger partial charge in [0.25, 0.3) is 0 Å². The van der Waals surface area contributed by atoms with Crippen molar-refractivity contribution >= 4 is 17.8 Å². The van der Waals surface area contributed by atoms with Gasteiger partial charge in [-0.1, -0.05) is 36.4 Å². The van der Waals surface area contributed by atoms with Crippen LogP contribution in [0.3, 0.4) is 0 Å². The third kappa shape index (κ3) is 4.63. The first kappa shape index (κ1) is 19.7. The molecule has 148 valence electrons. The maximum Gasteiger partial charge on any atom is 0.407 e. The summed E-state index contributed by atoms with van der Waals surface area (Å²) in [6, 6.07) is 15.5. The van der Waals surface area contributed by atoms with E-state index >= 15 is 0 Å². The summed E-state index contributed by atoms with van der Waals surface area (Å²) in [4.78, 5) is 27.2. The predicted octanol–water partition coefficient (Wildman–Crippen LogP) is 4.56. The second kappa shape index (κ2) is 7.92. The average Bonchev–Trinajstić information content (AvgIpc) is 3.06. The lowest BCUT2D eigenvalue weighted by atomic mass is 10.0. The summed E-state index contributed by atoms with van der Waals surface area (Å²) in [6.07, 6.45) is -0.290. The maximum absolute atomic E-state index is 12.5. The van der Waals surface area contributed by atoms with E-state index in [9.17, 15) is 14.7 Å². The van der Waals surface area contributed by atoms with E-state index in [-0.39, 0.29) is 6.03 Å². The van der Waals surface area contributed by atoms with E-state index in [1.54, 1.807) is 4.90 Å². The van der Waals surface area contributed by atoms with Crippen LogP contribution in [0.4, 0.5) is 15.3 Å². The molecule has 3 amide bonds. The Morgan fingerprint density at radius 2 is 1.61 bits per heavy atom. The number of amides is 3. The topological polar surface area (TPSA) is 72.9 Å². The summed E-state index contributed by atoms with van der Waals surface area (Å²) in [6.45, 7) is 7.33. The van der Waals surface area contributed by atoms with Crippen LogP contribution >= 0.6 is 0 Å². The molecule has 0 aliphatic carbocycles. The molecule has 0 atom stereocenters. The van der Waals surface area contributed by atoms with Gasteiger partial charge in [0.2, 0.25) is 0 Å². The van der Waals surface area contributed by atoms with E-state index < -0.39 is 11.6 Å². The minimum Gasteiger partial charge on any atom is -0.465 e. The summed E-state index contributed by atoms with van der Waals surface area (Å²) < 4.78 is 0. The van der Waals surface area contributed by atoms with Crippen molar-refractivity contribution in [1.82, 2.24) is 9.80 Å². The molecule has 0 saturated carbocycles. The Morgan fingerprint density at radius 1 is 1.04 bits per heavy atom. The van der Waals surface area contributed by atoms with Crippen molar-refractivity contribution in [3.05, 3.63) is 65.2 Å². The Kier molecular flexibility index (Phi) is 5.58. The Hall–Kier alpha value is -3.02. The number of carboxylic acid groups (broad SMARTS) is 1. The quantitative estimate of drug-likeness (QED) is 0.816. The molecular formula is C22H27N3O3. The normalized spacial score (nSPS) is 13.2. The van der Waals surface area contributed by atoms with Crippen molar-refractivity contribution < 1.29 is 14.7 Å². The zero-order chi connectivity index (χ0) is 20.3. The van der Waals surface area contributed by atoms with E-state index in [1.165, 1.54) is 16.0 Å².